The first kappa shape index (κ1) is 16.1. The van der Waals surface area contributed by atoms with E-state index in [0.29, 0.717) is 5.75 Å². The molecule has 19 heavy (non-hydrogen) atoms. The van der Waals surface area contributed by atoms with Crippen molar-refractivity contribution in [1.82, 2.24) is 5.32 Å². The highest BCUT2D eigenvalue weighted by atomic mass is 35.5. The number of benzene rings is 1. The first-order chi connectivity index (χ1) is 8.84. The minimum atomic E-state index is -1.00. The molecule has 106 valence electrons. The fourth-order valence-corrected chi connectivity index (χ4v) is 2.27. The van der Waals surface area contributed by atoms with Crippen molar-refractivity contribution >= 4 is 35.1 Å². The lowest BCUT2D eigenvalue weighted by atomic mass is 10.1. The van der Waals surface area contributed by atoms with Gasteiger partial charge in [0, 0.05) is 17.3 Å². The molecular formula is C12H16ClFN2O2S. The molecule has 0 heterocycles. The van der Waals surface area contributed by atoms with Gasteiger partial charge < -0.3 is 15.7 Å². The van der Waals surface area contributed by atoms with Crippen molar-refractivity contribution in [3.63, 3.8) is 0 Å². The number of amides is 2. The van der Waals surface area contributed by atoms with Crippen molar-refractivity contribution in [2.24, 2.45) is 0 Å². The van der Waals surface area contributed by atoms with Crippen LogP contribution in [0, 0.1) is 5.82 Å². The summed E-state index contributed by atoms with van der Waals surface area (Å²) in [4.78, 5) is 11.6. The molecule has 0 bridgehead atoms. The van der Waals surface area contributed by atoms with Crippen LogP contribution in [0.4, 0.5) is 14.9 Å². The normalized spacial score (nSPS) is 13.7. The van der Waals surface area contributed by atoms with E-state index < -0.39 is 17.4 Å². The lowest BCUT2D eigenvalue weighted by Crippen LogP contribution is -2.44. The minimum absolute atomic E-state index is 0.0337. The molecule has 1 rings (SSSR count). The van der Waals surface area contributed by atoms with E-state index in [-0.39, 0.29) is 17.3 Å². The Hall–Kier alpha value is -0.980. The molecule has 0 aliphatic heterocycles. The maximum atomic E-state index is 13.4. The van der Waals surface area contributed by atoms with Crippen LogP contribution in [0.5, 0.6) is 0 Å². The van der Waals surface area contributed by atoms with Crippen LogP contribution in [-0.2, 0) is 0 Å². The summed E-state index contributed by atoms with van der Waals surface area (Å²) in [5.41, 5.74) is -0.971. The quantitative estimate of drug-likeness (QED) is 0.784. The average molecular weight is 307 g/mol. The monoisotopic (exact) mass is 306 g/mol. The highest BCUT2D eigenvalue weighted by molar-refractivity contribution is 7.98. The van der Waals surface area contributed by atoms with Crippen LogP contribution in [0.1, 0.15) is 6.92 Å². The van der Waals surface area contributed by atoms with Crippen molar-refractivity contribution in [1.29, 1.82) is 0 Å². The molecule has 0 spiro atoms. The third-order valence-corrected chi connectivity index (χ3v) is 3.41. The van der Waals surface area contributed by atoms with Gasteiger partial charge in [-0.25, -0.2) is 9.18 Å². The molecule has 0 aliphatic carbocycles. The van der Waals surface area contributed by atoms with Gasteiger partial charge in [-0.2, -0.15) is 11.8 Å². The standard InChI is InChI=1S/C12H16ClFN2O2S/c1-12(18,7-19-2)6-15-11(17)16-10-4-3-8(13)5-9(10)14/h3-5,18H,6-7H2,1-2H3,(H2,15,16,17). The van der Waals surface area contributed by atoms with Crippen LogP contribution >= 0.6 is 23.4 Å². The van der Waals surface area contributed by atoms with Crippen molar-refractivity contribution in [3.05, 3.63) is 29.0 Å². The predicted octanol–water partition coefficient (Wildman–Crippen LogP) is 2.71. The molecule has 1 unspecified atom stereocenters. The summed E-state index contributed by atoms with van der Waals surface area (Å²) in [7, 11) is 0. The number of aliphatic hydroxyl groups is 1. The van der Waals surface area contributed by atoms with Crippen molar-refractivity contribution in [2.75, 3.05) is 23.9 Å². The molecule has 0 radical (unpaired) electrons. The Bertz CT molecular complexity index is 457. The van der Waals surface area contributed by atoms with E-state index in [0.717, 1.165) is 6.07 Å². The van der Waals surface area contributed by atoms with E-state index in [1.807, 2.05) is 6.26 Å². The SMILES string of the molecule is CSCC(C)(O)CNC(=O)Nc1ccc(Cl)cc1F. The molecule has 0 fully saturated rings. The zero-order chi connectivity index (χ0) is 14.5. The second kappa shape index (κ2) is 6.98. The van der Waals surface area contributed by atoms with Gasteiger partial charge in [0.05, 0.1) is 11.3 Å². The molecule has 4 nitrogen and oxygen atoms in total. The zero-order valence-corrected chi connectivity index (χ0v) is 12.2. The van der Waals surface area contributed by atoms with Crippen LogP contribution < -0.4 is 10.6 Å². The summed E-state index contributed by atoms with van der Waals surface area (Å²) in [6, 6.07) is 3.38. The van der Waals surface area contributed by atoms with E-state index in [2.05, 4.69) is 10.6 Å². The van der Waals surface area contributed by atoms with Crippen molar-refractivity contribution in [2.45, 2.75) is 12.5 Å². The molecule has 0 aliphatic rings. The number of nitrogens with one attached hydrogen (secondary N) is 2. The Morgan fingerprint density at radius 3 is 2.84 bits per heavy atom. The zero-order valence-electron chi connectivity index (χ0n) is 10.7. The van der Waals surface area contributed by atoms with Crippen LogP contribution in [-0.4, -0.2) is 35.3 Å². The van der Waals surface area contributed by atoms with E-state index >= 15 is 0 Å². The van der Waals surface area contributed by atoms with Crippen LogP contribution in [0.3, 0.4) is 0 Å². The number of hydrogen-bond acceptors (Lipinski definition) is 3. The predicted molar refractivity (Wildman–Crippen MR) is 77.4 cm³/mol. The molecule has 0 saturated carbocycles. The number of hydrogen-bond donors (Lipinski definition) is 3. The summed E-state index contributed by atoms with van der Waals surface area (Å²) in [6.07, 6.45) is 1.86. The van der Waals surface area contributed by atoms with Crippen LogP contribution in [0.15, 0.2) is 18.2 Å². The van der Waals surface area contributed by atoms with Crippen molar-refractivity contribution in [3.8, 4) is 0 Å². The van der Waals surface area contributed by atoms with Crippen LogP contribution in [0.2, 0.25) is 5.02 Å². The second-order valence-corrected chi connectivity index (χ2v) is 5.66. The molecule has 1 aromatic carbocycles. The Balaban J connectivity index is 2.52. The molecule has 7 heteroatoms. The van der Waals surface area contributed by atoms with Gasteiger partial charge in [0.25, 0.3) is 0 Å². The molecule has 0 saturated heterocycles. The second-order valence-electron chi connectivity index (χ2n) is 4.36. The Morgan fingerprint density at radius 2 is 2.26 bits per heavy atom. The first-order valence-corrected chi connectivity index (χ1v) is 7.32. The van der Waals surface area contributed by atoms with Gasteiger partial charge in [-0.15, -0.1) is 0 Å². The summed E-state index contributed by atoms with van der Waals surface area (Å²) < 4.78 is 13.4. The van der Waals surface area contributed by atoms with Gasteiger partial charge in [0.1, 0.15) is 5.82 Å². The Morgan fingerprint density at radius 1 is 1.58 bits per heavy atom. The molecule has 2 amide bonds. The Labute approximate surface area is 120 Å². The fourth-order valence-electron chi connectivity index (χ4n) is 1.39. The lowest BCUT2D eigenvalue weighted by Gasteiger charge is -2.22. The third-order valence-electron chi connectivity index (χ3n) is 2.26. The van der Waals surface area contributed by atoms with Gasteiger partial charge in [0.15, 0.2) is 0 Å². The average Bonchev–Trinajstić information content (AvgIpc) is 2.30. The number of rotatable bonds is 5. The summed E-state index contributed by atoms with van der Waals surface area (Å²) in [5, 5.41) is 15.0. The summed E-state index contributed by atoms with van der Waals surface area (Å²) >= 11 is 7.08. The highest BCUT2D eigenvalue weighted by Gasteiger charge is 2.20. The third kappa shape index (κ3) is 5.67. The van der Waals surface area contributed by atoms with Gasteiger partial charge >= 0.3 is 6.03 Å². The summed E-state index contributed by atoms with van der Waals surface area (Å²) in [6.45, 7) is 1.70. The number of urea groups is 1. The fraction of sp³-hybridized carbons (Fsp3) is 0.417. The molecule has 0 aromatic heterocycles. The first-order valence-electron chi connectivity index (χ1n) is 5.55. The number of halogens is 2. The maximum absolute atomic E-state index is 13.4. The van der Waals surface area contributed by atoms with E-state index in [1.165, 1.54) is 23.9 Å². The van der Waals surface area contributed by atoms with Gasteiger partial charge in [-0.1, -0.05) is 11.6 Å². The number of anilines is 1. The largest absolute Gasteiger partial charge is 0.387 e. The molecule has 1 aromatic rings. The topological polar surface area (TPSA) is 61.4 Å². The molecule has 1 atom stereocenters. The van der Waals surface area contributed by atoms with E-state index in [9.17, 15) is 14.3 Å². The molecular weight excluding hydrogens is 291 g/mol. The highest BCUT2D eigenvalue weighted by Crippen LogP contribution is 2.18. The van der Waals surface area contributed by atoms with Crippen LogP contribution in [0.25, 0.3) is 0 Å². The van der Waals surface area contributed by atoms with E-state index in [1.54, 1.807) is 6.92 Å². The van der Waals surface area contributed by atoms with E-state index in [4.69, 9.17) is 11.6 Å². The van der Waals surface area contributed by atoms with Gasteiger partial charge in [0.2, 0.25) is 0 Å². The van der Waals surface area contributed by atoms with Gasteiger partial charge in [-0.05, 0) is 31.4 Å². The van der Waals surface area contributed by atoms with Gasteiger partial charge in [-0.3, -0.25) is 0 Å². The number of carbonyl (C=O) groups excluding carboxylic acids is 1. The van der Waals surface area contributed by atoms with Crippen molar-refractivity contribution < 1.29 is 14.3 Å². The smallest absolute Gasteiger partial charge is 0.319 e. The minimum Gasteiger partial charge on any atom is -0.387 e. The Kier molecular flexibility index (Phi) is 5.90. The number of carbonyl (C=O) groups is 1. The maximum Gasteiger partial charge on any atom is 0.319 e. The number of thioether (sulfide) groups is 1. The molecule has 3 N–H and O–H groups in total. The summed E-state index contributed by atoms with van der Waals surface area (Å²) in [5.74, 6) is -0.124. The lowest BCUT2D eigenvalue weighted by molar-refractivity contribution is 0.0876.